The molecule has 74 valence electrons. The lowest BCUT2D eigenvalue weighted by molar-refractivity contribution is -0.402. The molecule has 1 heterocycles. The van der Waals surface area contributed by atoms with Gasteiger partial charge < -0.3 is 4.42 Å². The summed E-state index contributed by atoms with van der Waals surface area (Å²) >= 11 is 0. The van der Waals surface area contributed by atoms with Crippen LogP contribution in [0.2, 0.25) is 0 Å². The normalized spacial score (nSPS) is 17.8. The number of furan rings is 1. The Morgan fingerprint density at radius 3 is 2.57 bits per heavy atom. The van der Waals surface area contributed by atoms with Crippen molar-refractivity contribution in [2.45, 2.75) is 25.2 Å². The van der Waals surface area contributed by atoms with E-state index in [0.29, 0.717) is 5.76 Å². The van der Waals surface area contributed by atoms with E-state index < -0.39 is 10.3 Å². The van der Waals surface area contributed by atoms with Gasteiger partial charge in [-0.3, -0.25) is 14.9 Å². The zero-order valence-corrected chi connectivity index (χ0v) is 7.65. The van der Waals surface area contributed by atoms with Crippen LogP contribution in [-0.4, -0.2) is 10.7 Å². The van der Waals surface area contributed by atoms with Gasteiger partial charge in [0, 0.05) is 0 Å². The number of Topliss-reactive ketones (excluding diaryl/α,β-unsaturated/α-hetero) is 1. The highest BCUT2D eigenvalue weighted by atomic mass is 16.6. The molecule has 0 amide bonds. The standard InChI is InChI=1S/C9H9NO4/c1-6(11)9(4-5-9)7-2-3-8(14-7)10(12)13/h2-3H,4-5H2,1H3. The zero-order chi connectivity index (χ0) is 10.3. The minimum absolute atomic E-state index is 0.0155. The van der Waals surface area contributed by atoms with E-state index in [1.807, 2.05) is 0 Å². The van der Waals surface area contributed by atoms with Gasteiger partial charge in [0.1, 0.15) is 16.5 Å². The van der Waals surface area contributed by atoms with Crippen molar-refractivity contribution in [1.82, 2.24) is 0 Å². The first-order valence-electron chi connectivity index (χ1n) is 4.32. The Balaban J connectivity index is 2.34. The zero-order valence-electron chi connectivity index (χ0n) is 7.65. The lowest BCUT2D eigenvalue weighted by Gasteiger charge is -2.05. The predicted molar refractivity (Wildman–Crippen MR) is 47.0 cm³/mol. The molecule has 0 aromatic carbocycles. The highest BCUT2D eigenvalue weighted by molar-refractivity contribution is 5.90. The van der Waals surface area contributed by atoms with Crippen molar-refractivity contribution in [3.05, 3.63) is 28.0 Å². The maximum Gasteiger partial charge on any atom is 0.433 e. The van der Waals surface area contributed by atoms with Gasteiger partial charge in [0.25, 0.3) is 0 Å². The molecule has 0 aliphatic heterocycles. The lowest BCUT2D eigenvalue weighted by Crippen LogP contribution is -2.15. The van der Waals surface area contributed by atoms with E-state index in [1.165, 1.54) is 19.1 Å². The topological polar surface area (TPSA) is 73.3 Å². The summed E-state index contributed by atoms with van der Waals surface area (Å²) < 4.78 is 5.01. The van der Waals surface area contributed by atoms with Crippen molar-refractivity contribution in [2.24, 2.45) is 0 Å². The van der Waals surface area contributed by atoms with E-state index in [0.717, 1.165) is 12.8 Å². The molecule has 1 saturated carbocycles. The van der Waals surface area contributed by atoms with Gasteiger partial charge >= 0.3 is 5.88 Å². The number of ketones is 1. The van der Waals surface area contributed by atoms with Crippen molar-refractivity contribution in [2.75, 3.05) is 0 Å². The Morgan fingerprint density at radius 2 is 2.21 bits per heavy atom. The average Bonchev–Trinajstić information content (AvgIpc) is 2.77. The van der Waals surface area contributed by atoms with E-state index >= 15 is 0 Å². The van der Waals surface area contributed by atoms with Gasteiger partial charge in [-0.25, -0.2) is 0 Å². The van der Waals surface area contributed by atoms with Gasteiger partial charge in [-0.05, 0) is 25.8 Å². The van der Waals surface area contributed by atoms with Crippen molar-refractivity contribution in [3.8, 4) is 0 Å². The first-order chi connectivity index (χ1) is 6.56. The van der Waals surface area contributed by atoms with E-state index in [4.69, 9.17) is 4.42 Å². The third kappa shape index (κ3) is 1.13. The molecule has 0 spiro atoms. The van der Waals surface area contributed by atoms with Crippen LogP contribution in [0.25, 0.3) is 0 Å². The molecule has 1 aliphatic carbocycles. The van der Waals surface area contributed by atoms with Crippen LogP contribution in [-0.2, 0) is 10.2 Å². The van der Waals surface area contributed by atoms with Crippen molar-refractivity contribution < 1.29 is 14.1 Å². The van der Waals surface area contributed by atoms with Crippen LogP contribution in [0.1, 0.15) is 25.5 Å². The maximum absolute atomic E-state index is 11.3. The summed E-state index contributed by atoms with van der Waals surface area (Å²) in [7, 11) is 0. The van der Waals surface area contributed by atoms with E-state index in [-0.39, 0.29) is 11.7 Å². The Hall–Kier alpha value is -1.65. The number of carbonyl (C=O) groups excluding carboxylic acids is 1. The van der Waals surface area contributed by atoms with Crippen LogP contribution in [0.5, 0.6) is 0 Å². The Labute approximate surface area is 79.9 Å². The highest BCUT2D eigenvalue weighted by Gasteiger charge is 2.52. The molecule has 1 aromatic rings. The summed E-state index contributed by atoms with van der Waals surface area (Å²) in [6, 6.07) is 2.81. The molecule has 0 N–H and O–H groups in total. The Kier molecular flexibility index (Phi) is 1.70. The number of nitrogens with zero attached hydrogens (tertiary/aromatic N) is 1. The summed E-state index contributed by atoms with van der Waals surface area (Å²) in [5.41, 5.74) is -0.561. The Morgan fingerprint density at radius 1 is 1.57 bits per heavy atom. The molecule has 0 radical (unpaired) electrons. The molecule has 0 unspecified atom stereocenters. The monoisotopic (exact) mass is 195 g/mol. The van der Waals surface area contributed by atoms with Gasteiger partial charge in [0.15, 0.2) is 0 Å². The number of nitro groups is 1. The molecular weight excluding hydrogens is 186 g/mol. The van der Waals surface area contributed by atoms with Gasteiger partial charge in [-0.15, -0.1) is 0 Å². The maximum atomic E-state index is 11.3. The SMILES string of the molecule is CC(=O)C1(c2ccc([N+](=O)[O-])o2)CC1. The second kappa shape index (κ2) is 2.67. The third-order valence-corrected chi connectivity index (χ3v) is 2.67. The first kappa shape index (κ1) is 8.93. The van der Waals surface area contributed by atoms with Gasteiger partial charge in [-0.2, -0.15) is 0 Å². The van der Waals surface area contributed by atoms with Crippen LogP contribution >= 0.6 is 0 Å². The number of carbonyl (C=O) groups is 1. The molecule has 0 atom stereocenters. The smallest absolute Gasteiger partial charge is 0.405 e. The molecule has 5 heteroatoms. The first-order valence-corrected chi connectivity index (χ1v) is 4.32. The van der Waals surface area contributed by atoms with E-state index in [9.17, 15) is 14.9 Å². The summed E-state index contributed by atoms with van der Waals surface area (Å²) in [6.45, 7) is 1.49. The van der Waals surface area contributed by atoms with Gasteiger partial charge in [0.05, 0.1) is 11.5 Å². The molecule has 1 aliphatic rings. The van der Waals surface area contributed by atoms with Crippen LogP contribution in [0.4, 0.5) is 5.88 Å². The number of hydrogen-bond acceptors (Lipinski definition) is 4. The second-order valence-electron chi connectivity index (χ2n) is 3.53. The molecule has 5 nitrogen and oxygen atoms in total. The number of rotatable bonds is 3. The minimum atomic E-state index is -0.598. The molecular formula is C9H9NO4. The molecule has 1 aromatic heterocycles. The number of hydrogen-bond donors (Lipinski definition) is 0. The van der Waals surface area contributed by atoms with Crippen LogP contribution in [0.15, 0.2) is 16.5 Å². The van der Waals surface area contributed by atoms with Crippen molar-refractivity contribution in [3.63, 3.8) is 0 Å². The molecule has 1 fully saturated rings. The van der Waals surface area contributed by atoms with Crippen LogP contribution < -0.4 is 0 Å². The molecule has 0 bridgehead atoms. The molecule has 14 heavy (non-hydrogen) atoms. The largest absolute Gasteiger partial charge is 0.433 e. The quantitative estimate of drug-likeness (QED) is 0.544. The van der Waals surface area contributed by atoms with Gasteiger partial charge in [-0.1, -0.05) is 0 Å². The second-order valence-corrected chi connectivity index (χ2v) is 3.53. The van der Waals surface area contributed by atoms with E-state index in [1.54, 1.807) is 0 Å². The van der Waals surface area contributed by atoms with E-state index in [2.05, 4.69) is 0 Å². The Bertz CT molecular complexity index is 403. The summed E-state index contributed by atoms with van der Waals surface area (Å²) in [4.78, 5) is 21.0. The van der Waals surface area contributed by atoms with Crippen LogP contribution in [0.3, 0.4) is 0 Å². The predicted octanol–water partition coefficient (Wildman–Crippen LogP) is 1.81. The summed E-state index contributed by atoms with van der Waals surface area (Å²) in [6.07, 6.45) is 1.46. The minimum Gasteiger partial charge on any atom is -0.405 e. The van der Waals surface area contributed by atoms with Crippen LogP contribution in [0, 0.1) is 10.1 Å². The van der Waals surface area contributed by atoms with Crippen molar-refractivity contribution in [1.29, 1.82) is 0 Å². The molecule has 0 saturated heterocycles. The fourth-order valence-electron chi connectivity index (χ4n) is 1.58. The lowest BCUT2D eigenvalue weighted by atomic mass is 9.99. The third-order valence-electron chi connectivity index (χ3n) is 2.67. The van der Waals surface area contributed by atoms with Gasteiger partial charge in [0.2, 0.25) is 0 Å². The fourth-order valence-corrected chi connectivity index (χ4v) is 1.58. The highest BCUT2D eigenvalue weighted by Crippen LogP contribution is 2.49. The van der Waals surface area contributed by atoms with Crippen molar-refractivity contribution >= 4 is 11.7 Å². The summed E-state index contributed by atoms with van der Waals surface area (Å²) in [5.74, 6) is 0.144. The molecule has 2 rings (SSSR count). The fraction of sp³-hybridized carbons (Fsp3) is 0.444. The average molecular weight is 195 g/mol. The summed E-state index contributed by atoms with van der Waals surface area (Å²) in [5, 5.41) is 10.4.